The maximum absolute atomic E-state index is 13.1. The maximum Gasteiger partial charge on any atom is 0.302 e. The minimum absolute atomic E-state index is 0.00733. The number of hydrogen-bond acceptors (Lipinski definition) is 5. The molecule has 9 heteroatoms. The molecule has 0 radical (unpaired) electrons. The average Bonchev–Trinajstić information content (AvgIpc) is 3.16. The van der Waals surface area contributed by atoms with Crippen molar-refractivity contribution < 1.29 is 31.8 Å². The molecule has 2 aromatic rings. The summed E-state index contributed by atoms with van der Waals surface area (Å²) in [4.78, 5) is 18.0. The van der Waals surface area contributed by atoms with Crippen molar-refractivity contribution in [1.29, 1.82) is 0 Å². The molecule has 0 bridgehead atoms. The van der Waals surface area contributed by atoms with Crippen molar-refractivity contribution in [2.75, 3.05) is 24.6 Å². The zero-order chi connectivity index (χ0) is 24.5. The predicted octanol–water partition coefficient (Wildman–Crippen LogP) is 5.49. The molecular weight excluding hydrogens is 452 g/mol. The van der Waals surface area contributed by atoms with Crippen LogP contribution >= 0.6 is 0 Å². The van der Waals surface area contributed by atoms with E-state index in [0.717, 1.165) is 24.3 Å². The SMILES string of the molecule is C[C@H](CC(=O)C(C)(F)F)c1ccc(OC2CCN(c3ccc(OCC4CC4(F)F)cn3)C2)cc1. The van der Waals surface area contributed by atoms with Gasteiger partial charge in [-0.1, -0.05) is 19.1 Å². The molecule has 34 heavy (non-hydrogen) atoms. The smallest absolute Gasteiger partial charge is 0.302 e. The molecule has 2 aliphatic rings. The molecule has 2 unspecified atom stereocenters. The van der Waals surface area contributed by atoms with Gasteiger partial charge in [0.25, 0.3) is 5.92 Å². The third-order valence-electron chi connectivity index (χ3n) is 6.33. The van der Waals surface area contributed by atoms with Crippen LogP contribution in [-0.4, -0.2) is 48.4 Å². The van der Waals surface area contributed by atoms with Gasteiger partial charge < -0.3 is 14.4 Å². The number of rotatable bonds is 10. The molecule has 1 saturated carbocycles. The first-order valence-corrected chi connectivity index (χ1v) is 11.4. The molecular formula is C25H28F4N2O3. The van der Waals surface area contributed by atoms with Gasteiger partial charge in [-0.05, 0) is 35.7 Å². The Morgan fingerprint density at radius 2 is 1.88 bits per heavy atom. The van der Waals surface area contributed by atoms with Crippen molar-refractivity contribution >= 4 is 11.6 Å². The summed E-state index contributed by atoms with van der Waals surface area (Å²) in [5, 5.41) is 0. The lowest BCUT2D eigenvalue weighted by atomic mass is 9.94. The van der Waals surface area contributed by atoms with E-state index in [4.69, 9.17) is 9.47 Å². The van der Waals surface area contributed by atoms with E-state index in [1.165, 1.54) is 0 Å². The summed E-state index contributed by atoms with van der Waals surface area (Å²) in [6, 6.07) is 10.7. The van der Waals surface area contributed by atoms with E-state index in [0.29, 0.717) is 25.0 Å². The lowest BCUT2D eigenvalue weighted by molar-refractivity contribution is -0.140. The van der Waals surface area contributed by atoms with Gasteiger partial charge >= 0.3 is 5.92 Å². The summed E-state index contributed by atoms with van der Waals surface area (Å²) >= 11 is 0. The van der Waals surface area contributed by atoms with E-state index in [1.807, 2.05) is 0 Å². The number of ether oxygens (including phenoxy) is 2. The molecule has 1 saturated heterocycles. The van der Waals surface area contributed by atoms with Crippen molar-refractivity contribution in [1.82, 2.24) is 4.98 Å². The van der Waals surface area contributed by atoms with Crippen LogP contribution in [0, 0.1) is 5.92 Å². The van der Waals surface area contributed by atoms with Crippen LogP contribution in [0.5, 0.6) is 11.5 Å². The highest BCUT2D eigenvalue weighted by Crippen LogP contribution is 2.48. The van der Waals surface area contributed by atoms with E-state index < -0.39 is 23.5 Å². The highest BCUT2D eigenvalue weighted by molar-refractivity contribution is 5.85. The normalized spacial score (nSPS) is 22.4. The van der Waals surface area contributed by atoms with Gasteiger partial charge in [0.15, 0.2) is 0 Å². The zero-order valence-corrected chi connectivity index (χ0v) is 19.1. The number of halogens is 4. The molecule has 1 aromatic heterocycles. The molecule has 3 atom stereocenters. The number of carbonyl (C=O) groups excluding carboxylic acids is 1. The summed E-state index contributed by atoms with van der Waals surface area (Å²) in [5.41, 5.74) is 0.801. The first-order valence-electron chi connectivity index (χ1n) is 11.4. The first kappa shape index (κ1) is 24.3. The molecule has 1 aromatic carbocycles. The van der Waals surface area contributed by atoms with Gasteiger partial charge in [-0.25, -0.2) is 13.8 Å². The Kier molecular flexibility index (Phi) is 6.73. The van der Waals surface area contributed by atoms with Crippen LogP contribution in [0.15, 0.2) is 42.6 Å². The van der Waals surface area contributed by atoms with Gasteiger partial charge in [0, 0.05) is 32.7 Å². The summed E-state index contributed by atoms with van der Waals surface area (Å²) in [7, 11) is 0. The molecule has 1 aliphatic heterocycles. The maximum atomic E-state index is 13.1. The lowest BCUT2D eigenvalue weighted by Crippen LogP contribution is -2.25. The Hall–Kier alpha value is -2.84. The number of ketones is 1. The van der Waals surface area contributed by atoms with Gasteiger partial charge in [0.1, 0.15) is 23.4 Å². The molecule has 2 heterocycles. The number of hydrogen-bond donors (Lipinski definition) is 0. The molecule has 0 spiro atoms. The molecule has 184 valence electrons. The minimum atomic E-state index is -3.32. The quantitative estimate of drug-likeness (QED) is 0.421. The van der Waals surface area contributed by atoms with Gasteiger partial charge in [-0.2, -0.15) is 8.78 Å². The third-order valence-corrected chi connectivity index (χ3v) is 6.33. The highest BCUT2D eigenvalue weighted by Gasteiger charge is 2.57. The number of aromatic nitrogens is 1. The number of nitrogens with zero attached hydrogens (tertiary/aromatic N) is 2. The van der Waals surface area contributed by atoms with E-state index in [2.05, 4.69) is 9.88 Å². The third kappa shape index (κ3) is 5.98. The summed E-state index contributed by atoms with van der Waals surface area (Å²) in [6.45, 7) is 3.76. The van der Waals surface area contributed by atoms with Crippen LogP contribution in [0.2, 0.25) is 0 Å². The number of pyridine rings is 1. The van der Waals surface area contributed by atoms with Crippen molar-refractivity contribution in [2.45, 2.75) is 57.0 Å². The fourth-order valence-corrected chi connectivity index (χ4v) is 3.97. The second-order valence-corrected chi connectivity index (χ2v) is 9.29. The Morgan fingerprint density at radius 3 is 2.47 bits per heavy atom. The van der Waals surface area contributed by atoms with Crippen LogP contribution in [0.25, 0.3) is 0 Å². The topological polar surface area (TPSA) is 51.7 Å². The van der Waals surface area contributed by atoms with Crippen molar-refractivity contribution in [3.63, 3.8) is 0 Å². The Balaban J connectivity index is 1.25. The van der Waals surface area contributed by atoms with Crippen LogP contribution < -0.4 is 14.4 Å². The number of anilines is 1. The predicted molar refractivity (Wildman–Crippen MR) is 119 cm³/mol. The number of Topliss-reactive ketones (excluding diaryl/α,β-unsaturated/α-hetero) is 1. The largest absolute Gasteiger partial charge is 0.491 e. The van der Waals surface area contributed by atoms with Crippen molar-refractivity contribution in [3.05, 3.63) is 48.2 Å². The molecule has 5 nitrogen and oxygen atoms in total. The summed E-state index contributed by atoms with van der Waals surface area (Å²) < 4.78 is 63.6. The van der Waals surface area contributed by atoms with Crippen molar-refractivity contribution in [3.8, 4) is 11.5 Å². The van der Waals surface area contributed by atoms with E-state index >= 15 is 0 Å². The Morgan fingerprint density at radius 1 is 1.21 bits per heavy atom. The number of benzene rings is 1. The molecule has 2 fully saturated rings. The van der Waals surface area contributed by atoms with Crippen molar-refractivity contribution in [2.24, 2.45) is 5.92 Å². The summed E-state index contributed by atoms with van der Waals surface area (Å²) in [5.74, 6) is -6.09. The molecule has 0 N–H and O–H groups in total. The minimum Gasteiger partial charge on any atom is -0.491 e. The van der Waals surface area contributed by atoms with Crippen LogP contribution in [-0.2, 0) is 4.79 Å². The van der Waals surface area contributed by atoms with Crippen LogP contribution in [0.3, 0.4) is 0 Å². The standard InChI is InChI=1S/C25H28F4N2O3/c1-16(11-22(32)24(2,26)27)17-3-5-19(6-4-17)34-21-9-10-31(14-21)23-8-7-20(13-30-23)33-15-18-12-25(18,28)29/h3-8,13,16,18,21H,9-12,14-15H2,1-2H3/t16-,18?,21?/m1/s1. The summed E-state index contributed by atoms with van der Waals surface area (Å²) in [6.07, 6.45) is 1.97. The van der Waals surface area contributed by atoms with Gasteiger partial charge in [0.2, 0.25) is 5.78 Å². The van der Waals surface area contributed by atoms with E-state index in [-0.39, 0.29) is 31.5 Å². The van der Waals surface area contributed by atoms with E-state index in [1.54, 1.807) is 49.5 Å². The van der Waals surface area contributed by atoms with Gasteiger partial charge in [-0.3, -0.25) is 4.79 Å². The average molecular weight is 481 g/mol. The van der Waals surface area contributed by atoms with Crippen LogP contribution in [0.1, 0.15) is 44.6 Å². The fraction of sp³-hybridized carbons (Fsp3) is 0.520. The van der Waals surface area contributed by atoms with Crippen LogP contribution in [0.4, 0.5) is 23.4 Å². The van der Waals surface area contributed by atoms with Gasteiger partial charge in [0.05, 0.1) is 25.3 Å². The Bertz CT molecular complexity index is 993. The highest BCUT2D eigenvalue weighted by atomic mass is 19.3. The lowest BCUT2D eigenvalue weighted by Gasteiger charge is -2.19. The zero-order valence-electron chi connectivity index (χ0n) is 19.1. The molecule has 0 amide bonds. The number of carbonyl (C=O) groups is 1. The molecule has 4 rings (SSSR count). The second kappa shape index (κ2) is 9.43. The molecule has 1 aliphatic carbocycles. The fourth-order valence-electron chi connectivity index (χ4n) is 3.97. The Labute approximate surface area is 196 Å². The van der Waals surface area contributed by atoms with E-state index in [9.17, 15) is 22.4 Å². The first-order chi connectivity index (χ1) is 16.0. The second-order valence-electron chi connectivity index (χ2n) is 9.29. The monoisotopic (exact) mass is 480 g/mol. The number of alkyl halides is 4. The van der Waals surface area contributed by atoms with Gasteiger partial charge in [-0.15, -0.1) is 0 Å².